The molecule has 1 saturated heterocycles. The molecule has 1 aromatic carbocycles. The van der Waals surface area contributed by atoms with Crippen molar-refractivity contribution in [3.05, 3.63) is 35.9 Å². The molecule has 0 spiro atoms. The Morgan fingerprint density at radius 1 is 1.14 bits per heavy atom. The van der Waals surface area contributed by atoms with Crippen LogP contribution in [-0.4, -0.2) is 46.0 Å². The first-order chi connectivity index (χ1) is 13.0. The van der Waals surface area contributed by atoms with Gasteiger partial charge in [0.2, 0.25) is 11.8 Å². The number of aliphatic hydroxyl groups excluding tert-OH is 1. The van der Waals surface area contributed by atoms with Crippen molar-refractivity contribution in [2.75, 3.05) is 6.61 Å². The van der Waals surface area contributed by atoms with Crippen LogP contribution in [0.25, 0.3) is 0 Å². The number of amides is 2. The van der Waals surface area contributed by atoms with E-state index in [1.54, 1.807) is 20.8 Å². The summed E-state index contributed by atoms with van der Waals surface area (Å²) in [5.41, 5.74) is 0.152. The molecule has 1 aliphatic heterocycles. The van der Waals surface area contributed by atoms with Crippen LogP contribution >= 0.6 is 0 Å². The summed E-state index contributed by atoms with van der Waals surface area (Å²) in [6.07, 6.45) is 0.749. The maximum atomic E-state index is 13.1. The van der Waals surface area contributed by atoms with E-state index in [4.69, 9.17) is 4.74 Å². The first kappa shape index (κ1) is 22.1. The van der Waals surface area contributed by atoms with Crippen LogP contribution in [0.2, 0.25) is 0 Å². The monoisotopic (exact) mass is 389 g/mol. The molecule has 1 aromatic rings. The minimum absolute atomic E-state index is 0.133. The Hall–Kier alpha value is -2.21. The van der Waals surface area contributed by atoms with E-state index < -0.39 is 41.3 Å². The van der Waals surface area contributed by atoms with Gasteiger partial charge in [0.05, 0.1) is 18.6 Å². The van der Waals surface area contributed by atoms with E-state index in [0.717, 1.165) is 10.5 Å². The Morgan fingerprint density at radius 2 is 1.75 bits per heavy atom. The zero-order valence-corrected chi connectivity index (χ0v) is 17.3. The minimum Gasteiger partial charge on any atom is -0.459 e. The second-order valence-electron chi connectivity index (χ2n) is 8.82. The highest BCUT2D eigenvalue weighted by Gasteiger charge is 2.54. The van der Waals surface area contributed by atoms with Gasteiger partial charge in [0, 0.05) is 0 Å². The van der Waals surface area contributed by atoms with Crippen molar-refractivity contribution in [1.82, 2.24) is 4.90 Å². The molecule has 3 atom stereocenters. The summed E-state index contributed by atoms with van der Waals surface area (Å²) in [6, 6.07) is 8.66. The van der Waals surface area contributed by atoms with Crippen LogP contribution in [-0.2, 0) is 25.5 Å². The summed E-state index contributed by atoms with van der Waals surface area (Å²) in [7, 11) is 0. The smallest absolute Gasteiger partial charge is 0.319 e. The molecular formula is C22H31NO5. The lowest BCUT2D eigenvalue weighted by Crippen LogP contribution is -2.45. The Kier molecular flexibility index (Phi) is 6.99. The third-order valence-electron chi connectivity index (χ3n) is 4.74. The van der Waals surface area contributed by atoms with E-state index in [1.165, 1.54) is 0 Å². The molecular weight excluding hydrogens is 358 g/mol. The van der Waals surface area contributed by atoms with Crippen LogP contribution in [0.15, 0.2) is 30.3 Å². The fourth-order valence-corrected chi connectivity index (χ4v) is 3.61. The molecule has 0 saturated carbocycles. The Labute approximate surface area is 166 Å². The normalized spacial score (nSPS) is 21.3. The third kappa shape index (κ3) is 5.19. The molecule has 2 amide bonds. The molecule has 1 fully saturated rings. The number of likely N-dealkylation sites (tertiary alicyclic amines) is 1. The van der Waals surface area contributed by atoms with Crippen molar-refractivity contribution in [3.8, 4) is 0 Å². The van der Waals surface area contributed by atoms with Crippen molar-refractivity contribution in [1.29, 1.82) is 0 Å². The maximum Gasteiger partial charge on any atom is 0.319 e. The lowest BCUT2D eigenvalue weighted by molar-refractivity contribution is -0.164. The van der Waals surface area contributed by atoms with Gasteiger partial charge in [-0.2, -0.15) is 0 Å². The maximum absolute atomic E-state index is 13.1. The molecule has 0 aliphatic carbocycles. The fraction of sp³-hybridized carbons (Fsp3) is 0.591. The second-order valence-corrected chi connectivity index (χ2v) is 8.82. The predicted molar refractivity (Wildman–Crippen MR) is 105 cm³/mol. The molecule has 0 radical (unpaired) electrons. The Balaban J connectivity index is 2.32. The molecule has 0 bridgehead atoms. The van der Waals surface area contributed by atoms with Gasteiger partial charge < -0.3 is 9.84 Å². The van der Waals surface area contributed by atoms with Gasteiger partial charge in [0.15, 0.2) is 0 Å². The largest absolute Gasteiger partial charge is 0.459 e. The van der Waals surface area contributed by atoms with Crippen LogP contribution in [0.5, 0.6) is 0 Å². The Bertz CT molecular complexity index is 707. The number of hydrogen-bond acceptors (Lipinski definition) is 5. The highest BCUT2D eigenvalue weighted by Crippen LogP contribution is 2.35. The summed E-state index contributed by atoms with van der Waals surface area (Å²) in [4.78, 5) is 40.1. The Morgan fingerprint density at radius 3 is 2.25 bits per heavy atom. The van der Waals surface area contributed by atoms with E-state index in [9.17, 15) is 19.5 Å². The minimum atomic E-state index is -1.15. The van der Waals surface area contributed by atoms with Crippen molar-refractivity contribution < 1.29 is 24.2 Å². The van der Waals surface area contributed by atoms with Gasteiger partial charge in [-0.25, -0.2) is 0 Å². The van der Waals surface area contributed by atoms with Gasteiger partial charge in [0.25, 0.3) is 0 Å². The van der Waals surface area contributed by atoms with E-state index >= 15 is 0 Å². The molecule has 6 heteroatoms. The molecule has 6 nitrogen and oxygen atoms in total. The van der Waals surface area contributed by atoms with Crippen molar-refractivity contribution in [3.63, 3.8) is 0 Å². The lowest BCUT2D eigenvalue weighted by Gasteiger charge is -2.25. The number of rotatable bonds is 7. The molecule has 1 N–H and O–H groups in total. The number of nitrogens with zero attached hydrogens (tertiary/aromatic N) is 1. The molecule has 154 valence electrons. The first-order valence-corrected chi connectivity index (χ1v) is 9.79. The number of benzene rings is 1. The predicted octanol–water partition coefficient (Wildman–Crippen LogP) is 2.58. The number of carbonyl (C=O) groups excluding carboxylic acids is 3. The average Bonchev–Trinajstić information content (AvgIpc) is 2.82. The molecule has 0 unspecified atom stereocenters. The standard InChI is InChI=1S/C22H31NO5/c1-14(2)11-17-18(21(27)28-22(3,4)5)20(26)23(19(17)25)16(13-24)12-15-9-7-6-8-10-15/h6-10,14,16-18,24H,11-13H2,1-5H3/t16-,17+,18+/m0/s1. The number of carbonyl (C=O) groups is 3. The van der Waals surface area contributed by atoms with E-state index in [2.05, 4.69) is 0 Å². The van der Waals surface area contributed by atoms with Crippen molar-refractivity contribution in [2.45, 2.75) is 59.1 Å². The summed E-state index contributed by atoms with van der Waals surface area (Å²) in [6.45, 7) is 8.72. The van der Waals surface area contributed by atoms with Crippen LogP contribution in [0.1, 0.15) is 46.6 Å². The highest BCUT2D eigenvalue weighted by molar-refractivity contribution is 6.14. The average molecular weight is 389 g/mol. The highest BCUT2D eigenvalue weighted by atomic mass is 16.6. The van der Waals surface area contributed by atoms with Gasteiger partial charge in [-0.3, -0.25) is 19.3 Å². The van der Waals surface area contributed by atoms with Crippen LogP contribution in [0.3, 0.4) is 0 Å². The summed E-state index contributed by atoms with van der Waals surface area (Å²) < 4.78 is 5.43. The second kappa shape index (κ2) is 8.86. The number of imide groups is 1. The zero-order valence-electron chi connectivity index (χ0n) is 17.3. The van der Waals surface area contributed by atoms with Crippen molar-refractivity contribution >= 4 is 17.8 Å². The molecule has 28 heavy (non-hydrogen) atoms. The SMILES string of the molecule is CC(C)C[C@H]1C(=O)N([C@H](CO)Cc2ccccc2)C(=O)[C@@H]1C(=O)OC(C)(C)C. The van der Waals surface area contributed by atoms with E-state index in [-0.39, 0.29) is 12.5 Å². The number of esters is 1. The summed E-state index contributed by atoms with van der Waals surface area (Å²) >= 11 is 0. The van der Waals surface area contributed by atoms with Crippen molar-refractivity contribution in [2.24, 2.45) is 17.8 Å². The quantitative estimate of drug-likeness (QED) is 0.440. The van der Waals surface area contributed by atoms with Gasteiger partial charge in [-0.05, 0) is 45.1 Å². The van der Waals surface area contributed by atoms with Gasteiger partial charge >= 0.3 is 5.97 Å². The van der Waals surface area contributed by atoms with E-state index in [1.807, 2.05) is 44.2 Å². The topological polar surface area (TPSA) is 83.9 Å². The molecule has 1 heterocycles. The number of ether oxygens (including phenoxy) is 1. The molecule has 1 aliphatic rings. The van der Waals surface area contributed by atoms with Crippen LogP contribution in [0.4, 0.5) is 0 Å². The molecule has 2 rings (SSSR count). The van der Waals surface area contributed by atoms with E-state index in [0.29, 0.717) is 12.8 Å². The number of aliphatic hydroxyl groups is 1. The number of hydrogen-bond donors (Lipinski definition) is 1. The first-order valence-electron chi connectivity index (χ1n) is 9.79. The zero-order chi connectivity index (χ0) is 21.1. The fourth-order valence-electron chi connectivity index (χ4n) is 3.61. The van der Waals surface area contributed by atoms with Gasteiger partial charge in [0.1, 0.15) is 11.5 Å². The van der Waals surface area contributed by atoms with Crippen LogP contribution in [0, 0.1) is 17.8 Å². The summed E-state index contributed by atoms with van der Waals surface area (Å²) in [5, 5.41) is 9.90. The molecule has 0 aromatic heterocycles. The van der Waals surface area contributed by atoms with Gasteiger partial charge in [-0.1, -0.05) is 44.2 Å². The van der Waals surface area contributed by atoms with Crippen LogP contribution < -0.4 is 0 Å². The lowest BCUT2D eigenvalue weighted by atomic mass is 9.87. The van der Waals surface area contributed by atoms with Gasteiger partial charge in [-0.15, -0.1) is 0 Å². The summed E-state index contributed by atoms with van der Waals surface area (Å²) in [5.74, 6) is -3.42. The third-order valence-corrected chi connectivity index (χ3v) is 4.74.